The van der Waals surface area contributed by atoms with Crippen LogP contribution < -0.4 is 11.1 Å². The summed E-state index contributed by atoms with van der Waals surface area (Å²) in [4.78, 5) is 41.7. The largest absolute Gasteiger partial charge is 0.449 e. The first kappa shape index (κ1) is 29.0. The molecule has 14 nitrogen and oxygen atoms in total. The monoisotopic (exact) mass is 570 g/mol. The van der Waals surface area contributed by atoms with Crippen molar-refractivity contribution in [3.8, 4) is 11.8 Å². The molecule has 2 aromatic heterocycles. The highest BCUT2D eigenvalue weighted by atomic mass is 16.6. The minimum Gasteiger partial charge on any atom is -0.449 e. The molecule has 5 heterocycles. The van der Waals surface area contributed by atoms with E-state index >= 15 is 0 Å². The van der Waals surface area contributed by atoms with Gasteiger partial charge in [0.2, 0.25) is 5.82 Å². The predicted octanol–water partition coefficient (Wildman–Crippen LogP) is -0.294. The number of hydrogen-bond acceptors (Lipinski definition) is 11. The van der Waals surface area contributed by atoms with Crippen molar-refractivity contribution < 1.29 is 29.3 Å². The number of nitrogens with one attached hydrogen (secondary N) is 1. The molecule has 0 radical (unpaired) electrons. The lowest BCUT2D eigenvalue weighted by molar-refractivity contribution is -0.137. The van der Waals surface area contributed by atoms with Gasteiger partial charge in [-0.2, -0.15) is 0 Å². The SMILES string of the molecule is CCNC(=O)[C@H]1O[C@@H](n2cnc3c(N)nc(C#CCC4CCN(C(=O)OCC5CCN(C)C5)CC4)nc32)[C@@H](O)C1O. The van der Waals surface area contributed by atoms with Crippen molar-refractivity contribution in [2.45, 2.75) is 57.1 Å². The average Bonchev–Trinajstić information content (AvgIpc) is 3.65. The number of amides is 2. The Balaban J connectivity index is 1.18. The van der Waals surface area contributed by atoms with E-state index in [1.165, 1.54) is 10.9 Å². The lowest BCUT2D eigenvalue weighted by Gasteiger charge is -2.30. The molecule has 41 heavy (non-hydrogen) atoms. The molecule has 0 spiro atoms. The van der Waals surface area contributed by atoms with Gasteiger partial charge >= 0.3 is 6.09 Å². The number of carbonyl (C=O) groups is 2. The molecule has 0 aromatic carbocycles. The van der Waals surface area contributed by atoms with Gasteiger partial charge in [-0.3, -0.25) is 9.36 Å². The first-order valence-corrected chi connectivity index (χ1v) is 14.1. The molecule has 5 N–H and O–H groups in total. The number of nitrogens with zero attached hydrogens (tertiary/aromatic N) is 6. The molecule has 3 aliphatic heterocycles. The number of nitrogen functional groups attached to an aromatic ring is 1. The number of aliphatic hydroxyl groups excluding tert-OH is 2. The smallest absolute Gasteiger partial charge is 0.409 e. The summed E-state index contributed by atoms with van der Waals surface area (Å²) in [5, 5.41) is 23.6. The number of anilines is 1. The van der Waals surface area contributed by atoms with Gasteiger partial charge in [-0.15, -0.1) is 0 Å². The second kappa shape index (κ2) is 12.6. The summed E-state index contributed by atoms with van der Waals surface area (Å²) < 4.78 is 12.7. The lowest BCUT2D eigenvalue weighted by Crippen LogP contribution is -2.42. The first-order chi connectivity index (χ1) is 19.7. The number of hydrogen-bond donors (Lipinski definition) is 4. The third-order valence-corrected chi connectivity index (χ3v) is 7.97. The number of aromatic nitrogens is 4. The Kier molecular flexibility index (Phi) is 8.88. The number of imidazole rings is 1. The van der Waals surface area contributed by atoms with Gasteiger partial charge in [0.25, 0.3) is 5.91 Å². The zero-order chi connectivity index (χ0) is 29.1. The van der Waals surface area contributed by atoms with Crippen LogP contribution in [0.5, 0.6) is 0 Å². The average molecular weight is 571 g/mol. The van der Waals surface area contributed by atoms with E-state index in [9.17, 15) is 19.8 Å². The maximum Gasteiger partial charge on any atom is 0.409 e. The number of piperidine rings is 1. The molecule has 0 bridgehead atoms. The van der Waals surface area contributed by atoms with Gasteiger partial charge in [0, 0.05) is 38.5 Å². The van der Waals surface area contributed by atoms with E-state index in [1.54, 1.807) is 11.8 Å². The van der Waals surface area contributed by atoms with Crippen molar-refractivity contribution in [3.63, 3.8) is 0 Å². The van der Waals surface area contributed by atoms with Gasteiger partial charge < -0.3 is 40.5 Å². The van der Waals surface area contributed by atoms with Gasteiger partial charge in [0.1, 0.15) is 17.7 Å². The number of nitrogens with two attached hydrogens (primary N) is 1. The Labute approximate surface area is 238 Å². The molecule has 14 heteroatoms. The Hall–Kier alpha value is -3.51. The van der Waals surface area contributed by atoms with E-state index in [-0.39, 0.29) is 23.4 Å². The topological polar surface area (TPSA) is 181 Å². The minimum atomic E-state index is -1.43. The fraction of sp³-hybridized carbons (Fsp3) is 0.667. The van der Waals surface area contributed by atoms with Crippen LogP contribution in [0.3, 0.4) is 0 Å². The predicted molar refractivity (Wildman–Crippen MR) is 147 cm³/mol. The number of carbonyl (C=O) groups excluding carboxylic acids is 2. The van der Waals surface area contributed by atoms with Crippen LogP contribution in [0.2, 0.25) is 0 Å². The lowest BCUT2D eigenvalue weighted by atomic mass is 9.94. The molecule has 3 aliphatic rings. The van der Waals surface area contributed by atoms with Gasteiger partial charge in [-0.05, 0) is 51.6 Å². The van der Waals surface area contributed by atoms with Crippen LogP contribution in [0.25, 0.3) is 11.2 Å². The van der Waals surface area contributed by atoms with Crippen molar-refractivity contribution in [1.82, 2.24) is 34.6 Å². The number of aliphatic hydroxyl groups is 2. The fourth-order valence-electron chi connectivity index (χ4n) is 5.60. The first-order valence-electron chi connectivity index (χ1n) is 14.1. The van der Waals surface area contributed by atoms with Crippen LogP contribution in [0.4, 0.5) is 10.6 Å². The van der Waals surface area contributed by atoms with Crippen molar-refractivity contribution in [2.24, 2.45) is 11.8 Å². The molecule has 222 valence electrons. The highest BCUT2D eigenvalue weighted by molar-refractivity contribution is 5.83. The fourth-order valence-corrected chi connectivity index (χ4v) is 5.60. The van der Waals surface area contributed by atoms with E-state index in [0.717, 1.165) is 32.4 Å². The van der Waals surface area contributed by atoms with Crippen molar-refractivity contribution in [2.75, 3.05) is 52.1 Å². The van der Waals surface area contributed by atoms with E-state index in [2.05, 4.69) is 44.1 Å². The quantitative estimate of drug-likeness (QED) is 0.335. The van der Waals surface area contributed by atoms with Crippen molar-refractivity contribution >= 4 is 29.0 Å². The van der Waals surface area contributed by atoms with Crippen LogP contribution in [0.15, 0.2) is 6.33 Å². The Morgan fingerprint density at radius 3 is 2.63 bits per heavy atom. The maximum absolute atomic E-state index is 12.5. The number of likely N-dealkylation sites (tertiary alicyclic amines) is 2. The Bertz CT molecular complexity index is 1320. The number of rotatable bonds is 6. The molecule has 2 amide bonds. The maximum atomic E-state index is 12.5. The van der Waals surface area contributed by atoms with Gasteiger partial charge in [0.05, 0.1) is 12.9 Å². The second-order valence-electron chi connectivity index (χ2n) is 11.0. The standard InChI is InChI=1S/C27H38N8O6/c1-3-29-25(38)22-20(36)21(37)26(41-22)35-15-30-19-23(28)31-18(32-24(19)35)6-4-5-16-8-11-34(12-9-16)27(39)40-14-17-7-10-33(2)13-17/h15-17,20-22,26,36-37H,3,5,7-14H2,1-2H3,(H,29,38)(H2,28,31,32)/t17?,20?,21-,22-,26+/m0/s1. The number of fused-ring (bicyclic) bond motifs is 1. The Morgan fingerprint density at radius 2 is 1.93 bits per heavy atom. The van der Waals surface area contributed by atoms with Crippen molar-refractivity contribution in [3.05, 3.63) is 12.2 Å². The number of ether oxygens (including phenoxy) is 2. The summed E-state index contributed by atoms with van der Waals surface area (Å²) in [5.41, 5.74) is 6.67. The molecule has 3 saturated heterocycles. The summed E-state index contributed by atoms with van der Waals surface area (Å²) in [6.07, 6.45) is -0.688. The van der Waals surface area contributed by atoms with E-state index in [1.807, 2.05) is 0 Å². The second-order valence-corrected chi connectivity index (χ2v) is 11.0. The molecular weight excluding hydrogens is 532 g/mol. The third kappa shape index (κ3) is 6.38. The van der Waals surface area contributed by atoms with Crippen LogP contribution in [-0.4, -0.2) is 116 Å². The van der Waals surface area contributed by atoms with E-state index in [4.69, 9.17) is 15.2 Å². The van der Waals surface area contributed by atoms with Crippen LogP contribution in [-0.2, 0) is 14.3 Å². The van der Waals surface area contributed by atoms with Crippen LogP contribution >= 0.6 is 0 Å². The highest BCUT2D eigenvalue weighted by Crippen LogP contribution is 2.32. The molecule has 0 aliphatic carbocycles. The van der Waals surface area contributed by atoms with Crippen molar-refractivity contribution in [1.29, 1.82) is 0 Å². The van der Waals surface area contributed by atoms with E-state index < -0.39 is 30.4 Å². The summed E-state index contributed by atoms with van der Waals surface area (Å²) in [6.45, 7) is 5.87. The van der Waals surface area contributed by atoms with E-state index in [0.29, 0.717) is 50.0 Å². The minimum absolute atomic E-state index is 0.113. The molecular formula is C27H38N8O6. The summed E-state index contributed by atoms with van der Waals surface area (Å²) in [7, 11) is 2.08. The number of likely N-dealkylation sites (N-methyl/N-ethyl adjacent to an activating group) is 1. The van der Waals surface area contributed by atoms with Crippen LogP contribution in [0.1, 0.15) is 44.7 Å². The summed E-state index contributed by atoms with van der Waals surface area (Å²) >= 11 is 0. The summed E-state index contributed by atoms with van der Waals surface area (Å²) in [5.74, 6) is 6.62. The van der Waals surface area contributed by atoms with Gasteiger partial charge in [-0.1, -0.05) is 5.92 Å². The van der Waals surface area contributed by atoms with Gasteiger partial charge in [-0.25, -0.2) is 19.7 Å². The molecule has 2 aromatic rings. The zero-order valence-electron chi connectivity index (χ0n) is 23.4. The molecule has 2 unspecified atom stereocenters. The highest BCUT2D eigenvalue weighted by Gasteiger charge is 2.47. The summed E-state index contributed by atoms with van der Waals surface area (Å²) in [6, 6.07) is 0. The molecule has 0 saturated carbocycles. The molecule has 5 rings (SSSR count). The van der Waals surface area contributed by atoms with Gasteiger partial charge in [0.15, 0.2) is 23.8 Å². The molecule has 3 fully saturated rings. The normalized spacial score (nSPS) is 27.1. The molecule has 5 atom stereocenters. The Morgan fingerprint density at radius 1 is 1.17 bits per heavy atom. The third-order valence-electron chi connectivity index (χ3n) is 7.97. The zero-order valence-corrected chi connectivity index (χ0v) is 23.4. The van der Waals surface area contributed by atoms with Crippen LogP contribution in [0, 0.1) is 23.7 Å².